The maximum Gasteiger partial charge on any atom is 0.342 e. The van der Waals surface area contributed by atoms with Gasteiger partial charge in [-0.3, -0.25) is 4.79 Å². The predicted octanol–water partition coefficient (Wildman–Crippen LogP) is 9.94. The van der Waals surface area contributed by atoms with Crippen LogP contribution < -0.4 is 9.47 Å². The number of ketones is 1. The zero-order valence-corrected chi connectivity index (χ0v) is 25.6. The molecule has 3 aromatic carbocycles. The Bertz CT molecular complexity index is 1440. The number of ether oxygens (including phenoxy) is 3. The second-order valence-corrected chi connectivity index (χ2v) is 11.5. The van der Waals surface area contributed by atoms with E-state index in [0.29, 0.717) is 74.8 Å². The highest BCUT2D eigenvalue weighted by Crippen LogP contribution is 2.34. The van der Waals surface area contributed by atoms with E-state index in [1.54, 1.807) is 42.5 Å². The van der Waals surface area contributed by atoms with Crippen LogP contribution in [0.25, 0.3) is 6.08 Å². The van der Waals surface area contributed by atoms with Crippen molar-refractivity contribution >= 4 is 64.2 Å². The van der Waals surface area contributed by atoms with Crippen molar-refractivity contribution in [1.82, 2.24) is 0 Å². The molecule has 0 aromatic heterocycles. The van der Waals surface area contributed by atoms with Gasteiger partial charge in [-0.1, -0.05) is 70.7 Å². The summed E-state index contributed by atoms with van der Waals surface area (Å²) in [6, 6.07) is 13.9. The number of rotatable bonds is 6. The van der Waals surface area contributed by atoms with Crippen molar-refractivity contribution in [2.45, 2.75) is 64.8 Å². The topological polar surface area (TPSA) is 61.8 Å². The lowest BCUT2D eigenvalue weighted by atomic mass is 10.0. The zero-order chi connectivity index (χ0) is 29.4. The highest BCUT2D eigenvalue weighted by molar-refractivity contribution is 6.42. The van der Waals surface area contributed by atoms with Gasteiger partial charge in [0, 0.05) is 18.9 Å². The lowest BCUT2D eigenvalue weighted by Gasteiger charge is -2.19. The molecule has 0 fully saturated rings. The van der Waals surface area contributed by atoms with Gasteiger partial charge in [-0.25, -0.2) is 4.79 Å². The van der Waals surface area contributed by atoms with Gasteiger partial charge >= 0.3 is 5.97 Å². The molecule has 5 nitrogen and oxygen atoms in total. The molecule has 216 valence electrons. The van der Waals surface area contributed by atoms with Crippen LogP contribution >= 0.6 is 46.4 Å². The third-order valence-corrected chi connectivity index (χ3v) is 8.05. The Labute approximate surface area is 260 Å². The molecule has 1 unspecified atom stereocenters. The van der Waals surface area contributed by atoms with E-state index in [1.165, 1.54) is 0 Å². The van der Waals surface area contributed by atoms with Crippen LogP contribution in [0.4, 0.5) is 0 Å². The molecule has 4 rings (SSSR count). The largest absolute Gasteiger partial charge is 0.489 e. The van der Waals surface area contributed by atoms with Crippen LogP contribution in [0.3, 0.4) is 0 Å². The quantitative estimate of drug-likeness (QED) is 0.252. The normalized spacial score (nSPS) is 16.5. The first kappa shape index (κ1) is 31.2. The average Bonchev–Trinajstić information content (AvgIpc) is 2.93. The van der Waals surface area contributed by atoms with E-state index in [2.05, 4.69) is 0 Å². The second-order valence-electron chi connectivity index (χ2n) is 9.90. The van der Waals surface area contributed by atoms with E-state index in [0.717, 1.165) is 17.5 Å². The van der Waals surface area contributed by atoms with E-state index < -0.39 is 5.97 Å². The van der Waals surface area contributed by atoms with Crippen LogP contribution in [0.2, 0.25) is 20.1 Å². The minimum Gasteiger partial charge on any atom is -0.489 e. The average molecular weight is 636 g/mol. The SMILES string of the molecule is CC1CCCC(=O)CCCC=Cc2cc(OCc3ccc(Cl)c(Cl)c3)cc(OCc3ccc(Cl)c(Cl)c3)c2C(=O)O1. The summed E-state index contributed by atoms with van der Waals surface area (Å²) in [6.07, 6.45) is 7.10. The van der Waals surface area contributed by atoms with Crippen molar-refractivity contribution in [3.8, 4) is 11.5 Å². The second kappa shape index (κ2) is 15.0. The number of hydrogen-bond acceptors (Lipinski definition) is 5. The monoisotopic (exact) mass is 634 g/mol. The number of Topliss-reactive ketones (excluding diaryl/α,β-unsaturated/α-hetero) is 1. The minimum atomic E-state index is -0.513. The van der Waals surface area contributed by atoms with Gasteiger partial charge in [0.1, 0.15) is 36.1 Å². The summed E-state index contributed by atoms with van der Waals surface area (Å²) < 4.78 is 18.1. The first-order valence-electron chi connectivity index (χ1n) is 13.4. The fourth-order valence-electron chi connectivity index (χ4n) is 4.38. The molecule has 1 atom stereocenters. The number of fused-ring (bicyclic) bond motifs is 1. The summed E-state index contributed by atoms with van der Waals surface area (Å²) in [4.78, 5) is 25.7. The van der Waals surface area contributed by atoms with Gasteiger partial charge in [-0.2, -0.15) is 0 Å². The van der Waals surface area contributed by atoms with E-state index in [9.17, 15) is 9.59 Å². The first-order valence-corrected chi connectivity index (χ1v) is 14.9. The molecule has 1 aliphatic heterocycles. The van der Waals surface area contributed by atoms with E-state index in [1.807, 2.05) is 25.1 Å². The molecule has 0 radical (unpaired) electrons. The number of cyclic esters (lactones) is 1. The number of carbonyl (C=O) groups excluding carboxylic acids is 2. The smallest absolute Gasteiger partial charge is 0.342 e. The number of halogens is 4. The van der Waals surface area contributed by atoms with Crippen LogP contribution in [-0.2, 0) is 22.7 Å². The summed E-state index contributed by atoms with van der Waals surface area (Å²) in [5.41, 5.74) is 2.48. The molecule has 0 spiro atoms. The van der Waals surface area contributed by atoms with Crippen molar-refractivity contribution in [3.63, 3.8) is 0 Å². The van der Waals surface area contributed by atoms with Gasteiger partial charge in [0.05, 0.1) is 26.2 Å². The van der Waals surface area contributed by atoms with Crippen LogP contribution in [0.5, 0.6) is 11.5 Å². The van der Waals surface area contributed by atoms with E-state index in [-0.39, 0.29) is 25.1 Å². The lowest BCUT2D eigenvalue weighted by molar-refractivity contribution is -0.119. The van der Waals surface area contributed by atoms with Crippen molar-refractivity contribution in [2.24, 2.45) is 0 Å². The third kappa shape index (κ3) is 9.14. The van der Waals surface area contributed by atoms with Crippen LogP contribution in [0.15, 0.2) is 54.6 Å². The fraction of sp³-hybridized carbons (Fsp3) is 0.312. The minimum absolute atomic E-state index is 0.133. The maximum absolute atomic E-state index is 13.5. The summed E-state index contributed by atoms with van der Waals surface area (Å²) in [5.74, 6) is 0.508. The highest BCUT2D eigenvalue weighted by Gasteiger charge is 2.23. The number of esters is 1. The molecule has 1 heterocycles. The Morgan fingerprint density at radius 3 is 2.10 bits per heavy atom. The summed E-state index contributed by atoms with van der Waals surface area (Å²) in [6.45, 7) is 2.18. The summed E-state index contributed by atoms with van der Waals surface area (Å²) >= 11 is 24.5. The molecular formula is C32H30Cl4O5. The Morgan fingerprint density at radius 2 is 1.44 bits per heavy atom. The van der Waals surface area contributed by atoms with Crippen LogP contribution in [-0.4, -0.2) is 17.9 Å². The van der Waals surface area contributed by atoms with Gasteiger partial charge in [0.15, 0.2) is 0 Å². The molecule has 0 saturated heterocycles. The molecule has 0 amide bonds. The Morgan fingerprint density at radius 1 is 0.805 bits per heavy atom. The number of benzene rings is 3. The zero-order valence-electron chi connectivity index (χ0n) is 22.6. The Hall–Kier alpha value is -2.70. The number of hydrogen-bond donors (Lipinski definition) is 0. The predicted molar refractivity (Wildman–Crippen MR) is 165 cm³/mol. The first-order chi connectivity index (χ1) is 19.7. The number of allylic oxidation sites excluding steroid dienone is 1. The van der Waals surface area contributed by atoms with Gasteiger partial charge in [-0.15, -0.1) is 0 Å². The van der Waals surface area contributed by atoms with E-state index in [4.69, 9.17) is 60.6 Å². The van der Waals surface area contributed by atoms with Gasteiger partial charge < -0.3 is 14.2 Å². The standard InChI is InChI=1S/C32H30Cl4O5/c1-20-6-5-9-24(37)8-4-2-3-7-23-16-25(39-18-21-10-12-26(33)28(35)14-21)17-30(31(23)32(38)41-20)40-19-22-11-13-27(34)29(36)15-22/h3,7,10-17,20H,2,4-6,8-9,18-19H2,1H3. The van der Waals surface area contributed by atoms with Crippen molar-refractivity contribution in [1.29, 1.82) is 0 Å². The fourth-order valence-corrected chi connectivity index (χ4v) is 5.03. The van der Waals surface area contributed by atoms with Gasteiger partial charge in [0.25, 0.3) is 0 Å². The highest BCUT2D eigenvalue weighted by atomic mass is 35.5. The van der Waals surface area contributed by atoms with Gasteiger partial charge in [0.2, 0.25) is 0 Å². The Kier molecular flexibility index (Phi) is 11.4. The number of carbonyl (C=O) groups is 2. The molecule has 1 aliphatic rings. The molecule has 3 aromatic rings. The molecular weight excluding hydrogens is 606 g/mol. The molecule has 0 saturated carbocycles. The van der Waals surface area contributed by atoms with Crippen molar-refractivity contribution < 1.29 is 23.8 Å². The van der Waals surface area contributed by atoms with E-state index >= 15 is 0 Å². The summed E-state index contributed by atoms with van der Waals surface area (Å²) in [7, 11) is 0. The molecule has 0 N–H and O–H groups in total. The third-order valence-electron chi connectivity index (χ3n) is 6.58. The van der Waals surface area contributed by atoms with Crippen molar-refractivity contribution in [3.05, 3.63) is 97.0 Å². The van der Waals surface area contributed by atoms with Crippen LogP contribution in [0.1, 0.15) is 72.5 Å². The van der Waals surface area contributed by atoms with Crippen LogP contribution in [0, 0.1) is 0 Å². The molecule has 41 heavy (non-hydrogen) atoms. The molecule has 0 aliphatic carbocycles. The lowest BCUT2D eigenvalue weighted by Crippen LogP contribution is -2.18. The summed E-state index contributed by atoms with van der Waals surface area (Å²) in [5, 5.41) is 1.73. The van der Waals surface area contributed by atoms with Gasteiger partial charge in [-0.05, 0) is 79.6 Å². The van der Waals surface area contributed by atoms with Crippen molar-refractivity contribution in [2.75, 3.05) is 0 Å². The Balaban J connectivity index is 1.69. The molecule has 9 heteroatoms. The maximum atomic E-state index is 13.5. The molecule has 0 bridgehead atoms.